The third-order valence-electron chi connectivity index (χ3n) is 17.1. The van der Waals surface area contributed by atoms with Gasteiger partial charge in [-0.2, -0.15) is 0 Å². The second-order valence-corrected chi connectivity index (χ2v) is 21.5. The normalized spacial score (nSPS) is 13.3. The van der Waals surface area contributed by atoms with Crippen LogP contribution < -0.4 is 57.1 Å². The molecule has 0 aromatic heterocycles. The molecule has 81 heavy (non-hydrogen) atoms. The van der Waals surface area contributed by atoms with Gasteiger partial charge in [0.2, 0.25) is 0 Å². The molecule has 0 unspecified atom stereocenters. The molecule has 4 aliphatic heterocycles. The molecule has 4 heterocycles. The molecule has 17 rings (SSSR count). The first-order valence-electron chi connectivity index (χ1n) is 28.0. The second kappa shape index (κ2) is 18.0. The van der Waals surface area contributed by atoms with Crippen molar-refractivity contribution in [2.45, 2.75) is 0 Å². The molecule has 0 atom stereocenters. The molecule has 0 bridgehead atoms. The van der Waals surface area contributed by atoms with E-state index in [2.05, 4.69) is 280 Å². The van der Waals surface area contributed by atoms with Crippen molar-refractivity contribution in [3.05, 3.63) is 291 Å². The minimum Gasteiger partial charge on any atom is -0.457 e. The zero-order chi connectivity index (χ0) is 53.1. The van der Waals surface area contributed by atoms with E-state index in [0.717, 1.165) is 68.4 Å². The highest BCUT2D eigenvalue weighted by Crippen LogP contribution is 2.51. The number of hydrogen-bond donors (Lipinski definition) is 0. The molecule has 0 fully saturated rings. The fraction of sp³-hybridized carbons (Fsp3) is 0. The molecule has 0 N–H and O–H groups in total. The van der Waals surface area contributed by atoms with Crippen LogP contribution in [0.25, 0.3) is 32.7 Å². The van der Waals surface area contributed by atoms with Crippen LogP contribution in [0.5, 0.6) is 11.5 Å². The molecule has 4 aliphatic rings. The maximum absolute atomic E-state index is 6.95. The van der Waals surface area contributed by atoms with E-state index in [1.807, 2.05) is 30.3 Å². The van der Waals surface area contributed by atoms with Crippen LogP contribution in [-0.4, -0.2) is 13.4 Å². The van der Waals surface area contributed by atoms with Crippen LogP contribution in [0.2, 0.25) is 0 Å². The van der Waals surface area contributed by atoms with Crippen molar-refractivity contribution in [1.82, 2.24) is 0 Å². The van der Waals surface area contributed by atoms with Crippen LogP contribution in [0.1, 0.15) is 0 Å². The van der Waals surface area contributed by atoms with E-state index >= 15 is 0 Å². The minimum absolute atomic E-state index is 0.128. The van der Waals surface area contributed by atoms with Crippen molar-refractivity contribution in [1.29, 1.82) is 0 Å². The number of ether oxygens (including phenoxy) is 1. The summed E-state index contributed by atoms with van der Waals surface area (Å²) < 4.78 is 6.95. The number of hydrogen-bond acceptors (Lipinski definition) is 5. The Morgan fingerprint density at radius 2 is 0.605 bits per heavy atom. The molecule has 5 nitrogen and oxygen atoms in total. The summed E-state index contributed by atoms with van der Waals surface area (Å²) in [6.45, 7) is -0.262. The summed E-state index contributed by atoms with van der Waals surface area (Å²) >= 11 is 0. The molecule has 0 saturated heterocycles. The lowest BCUT2D eigenvalue weighted by Crippen LogP contribution is -2.65. The van der Waals surface area contributed by atoms with Gasteiger partial charge >= 0.3 is 0 Å². The van der Waals surface area contributed by atoms with Gasteiger partial charge < -0.3 is 24.3 Å². The first-order valence-corrected chi connectivity index (χ1v) is 28.0. The van der Waals surface area contributed by atoms with E-state index in [0.29, 0.717) is 0 Å². The van der Waals surface area contributed by atoms with Gasteiger partial charge in [0.25, 0.3) is 13.4 Å². The van der Waals surface area contributed by atoms with Crippen LogP contribution in [-0.2, 0) is 0 Å². The van der Waals surface area contributed by atoms with Crippen molar-refractivity contribution < 1.29 is 4.74 Å². The molecule has 0 spiro atoms. The van der Waals surface area contributed by atoms with Crippen LogP contribution >= 0.6 is 0 Å². The van der Waals surface area contributed by atoms with Gasteiger partial charge in [-0.1, -0.05) is 182 Å². The SMILES string of the molecule is c1ccc(Oc2cc3c4c(c2)N(c2ccccc2)c2cc5c(cc2B4c2ccccc2N3c2ccccc2)B2c3ccccc3N(c3ccccc3)c3cc(-c4c6ccccc6cc6ccccc46)cc(c32)N5c2ccccc2)cc1. The average Bonchev–Trinajstić information content (AvgIpc) is 3.68. The van der Waals surface area contributed by atoms with E-state index in [9.17, 15) is 0 Å². The molecule has 0 saturated carbocycles. The summed E-state index contributed by atoms with van der Waals surface area (Å²) in [6.07, 6.45) is 0. The topological polar surface area (TPSA) is 22.2 Å². The Balaban J connectivity index is 1.00. The lowest BCUT2D eigenvalue weighted by atomic mass is 9.30. The summed E-state index contributed by atoms with van der Waals surface area (Å²) in [5, 5.41) is 4.89. The highest BCUT2D eigenvalue weighted by atomic mass is 16.5. The second-order valence-electron chi connectivity index (χ2n) is 21.5. The Bertz CT molecular complexity index is 4600. The van der Waals surface area contributed by atoms with Crippen molar-refractivity contribution >= 4 is 136 Å². The maximum atomic E-state index is 6.95. The maximum Gasteiger partial charge on any atom is 0.252 e. The molecule has 13 aromatic rings. The van der Waals surface area contributed by atoms with Crippen molar-refractivity contribution in [2.75, 3.05) is 19.6 Å². The fourth-order valence-corrected chi connectivity index (χ4v) is 13.9. The highest BCUT2D eigenvalue weighted by Gasteiger charge is 2.48. The van der Waals surface area contributed by atoms with Gasteiger partial charge in [0, 0.05) is 80.4 Å². The van der Waals surface area contributed by atoms with Gasteiger partial charge in [-0.05, 0) is 163 Å². The predicted molar refractivity (Wildman–Crippen MR) is 341 cm³/mol. The van der Waals surface area contributed by atoms with E-state index in [1.165, 1.54) is 76.8 Å². The number of anilines is 12. The standard InChI is InChI=1S/C74H48B2N4O/c1-6-26-52(27-7-1)77-64-40-22-20-38-60(64)75-62-47-63-67(48-66(62)79(54-30-10-3-11-31-54)69-44-51(43-68(77)73(69)75)72-58-36-18-16-24-49(58)42-50-25-17-19-37-59(50)72)80(55-32-12-4-13-33-55)71-46-57(81-56-34-14-5-15-35-56)45-70-74(71)76(63)61-39-21-23-41-65(61)78(70)53-28-8-2-9-29-53/h1-48H. The average molecular weight is 1030 g/mol. The van der Waals surface area contributed by atoms with Crippen molar-refractivity contribution in [2.24, 2.45) is 0 Å². The third-order valence-corrected chi connectivity index (χ3v) is 17.1. The van der Waals surface area contributed by atoms with Gasteiger partial charge in [0.1, 0.15) is 11.5 Å². The summed E-state index contributed by atoms with van der Waals surface area (Å²) in [5.74, 6) is 1.55. The smallest absolute Gasteiger partial charge is 0.252 e. The lowest BCUT2D eigenvalue weighted by molar-refractivity contribution is 0.483. The number of benzene rings is 13. The zero-order valence-corrected chi connectivity index (χ0v) is 44.1. The molecule has 376 valence electrons. The van der Waals surface area contributed by atoms with Gasteiger partial charge in [-0.25, -0.2) is 0 Å². The van der Waals surface area contributed by atoms with Gasteiger partial charge in [-0.15, -0.1) is 0 Å². The van der Waals surface area contributed by atoms with E-state index < -0.39 is 0 Å². The van der Waals surface area contributed by atoms with Crippen LogP contribution in [0.15, 0.2) is 291 Å². The largest absolute Gasteiger partial charge is 0.457 e. The zero-order valence-electron chi connectivity index (χ0n) is 44.1. The predicted octanol–water partition coefficient (Wildman–Crippen LogP) is 15.6. The number of nitrogens with zero attached hydrogens (tertiary/aromatic N) is 4. The number of rotatable bonds is 7. The Morgan fingerprint density at radius 3 is 1.05 bits per heavy atom. The van der Waals surface area contributed by atoms with E-state index in [1.54, 1.807) is 0 Å². The monoisotopic (exact) mass is 1030 g/mol. The summed E-state index contributed by atoms with van der Waals surface area (Å²) in [4.78, 5) is 10.1. The van der Waals surface area contributed by atoms with Crippen LogP contribution in [0.4, 0.5) is 68.2 Å². The van der Waals surface area contributed by atoms with E-state index in [-0.39, 0.29) is 13.4 Å². The van der Waals surface area contributed by atoms with Gasteiger partial charge in [-0.3, -0.25) is 0 Å². The lowest BCUT2D eigenvalue weighted by Gasteiger charge is -2.47. The molecule has 0 aliphatic carbocycles. The van der Waals surface area contributed by atoms with Gasteiger partial charge in [0.15, 0.2) is 0 Å². The van der Waals surface area contributed by atoms with Gasteiger partial charge in [0.05, 0.1) is 0 Å². The highest BCUT2D eigenvalue weighted by molar-refractivity contribution is 7.03. The van der Waals surface area contributed by atoms with E-state index in [4.69, 9.17) is 4.74 Å². The molecule has 13 aromatic carbocycles. The molecule has 7 heteroatoms. The molecule has 0 amide bonds. The fourth-order valence-electron chi connectivity index (χ4n) is 13.9. The number of fused-ring (bicyclic) bond motifs is 10. The molecular formula is C74H48B2N4O. The molecule has 0 radical (unpaired) electrons. The summed E-state index contributed by atoms with van der Waals surface area (Å²) in [7, 11) is 0. The summed E-state index contributed by atoms with van der Waals surface area (Å²) in [5.41, 5.74) is 23.4. The van der Waals surface area contributed by atoms with Crippen molar-refractivity contribution in [3.8, 4) is 22.6 Å². The summed E-state index contributed by atoms with van der Waals surface area (Å²) in [6, 6.07) is 107. The third kappa shape index (κ3) is 6.95. The van der Waals surface area contributed by atoms with Crippen molar-refractivity contribution in [3.63, 3.8) is 0 Å². The quantitative estimate of drug-likeness (QED) is 0.117. The van der Waals surface area contributed by atoms with Crippen LogP contribution in [0, 0.1) is 0 Å². The minimum atomic E-state index is -0.134. The van der Waals surface area contributed by atoms with Crippen LogP contribution in [0.3, 0.4) is 0 Å². The number of para-hydroxylation sites is 7. The Morgan fingerprint density at radius 1 is 0.247 bits per heavy atom. The first-order chi connectivity index (χ1) is 40.2. The Kier molecular flexibility index (Phi) is 10.1. The molecular weight excluding hydrogens is 982 g/mol. The Hall–Kier alpha value is -10.5. The Labute approximate surface area is 471 Å². The first kappa shape index (κ1) is 45.5.